The minimum atomic E-state index is 0.617. The molecule has 0 saturated carbocycles. The van der Waals surface area contributed by atoms with Crippen LogP contribution in [0.4, 0.5) is 0 Å². The number of aryl methyl sites for hydroxylation is 1. The van der Waals surface area contributed by atoms with Crippen molar-refractivity contribution in [3.63, 3.8) is 0 Å². The predicted molar refractivity (Wildman–Crippen MR) is 58.9 cm³/mol. The Bertz CT molecular complexity index is 234. The van der Waals surface area contributed by atoms with Crippen molar-refractivity contribution in [3.05, 3.63) is 20.8 Å². The van der Waals surface area contributed by atoms with E-state index in [0.29, 0.717) is 6.04 Å². The highest BCUT2D eigenvalue weighted by atomic mass is 79.9. The molecule has 0 radical (unpaired) electrons. The van der Waals surface area contributed by atoms with E-state index < -0.39 is 0 Å². The monoisotopic (exact) mass is 247 g/mol. The molecule has 1 aromatic heterocycles. The molecule has 0 fully saturated rings. The van der Waals surface area contributed by atoms with Gasteiger partial charge in [-0.1, -0.05) is 0 Å². The van der Waals surface area contributed by atoms with Gasteiger partial charge in [0.1, 0.15) is 0 Å². The zero-order valence-corrected chi connectivity index (χ0v) is 9.83. The minimum absolute atomic E-state index is 0.617. The Morgan fingerprint density at radius 2 is 2.33 bits per heavy atom. The lowest BCUT2D eigenvalue weighted by Gasteiger charge is -2.07. The Balaban J connectivity index is 2.33. The van der Waals surface area contributed by atoms with Crippen molar-refractivity contribution < 1.29 is 0 Å². The Labute approximate surface area is 86.3 Å². The van der Waals surface area contributed by atoms with Gasteiger partial charge in [0, 0.05) is 10.9 Å². The van der Waals surface area contributed by atoms with Gasteiger partial charge in [0.05, 0.1) is 3.79 Å². The molecule has 1 rings (SSSR count). The molecule has 0 bridgehead atoms. The smallest absolute Gasteiger partial charge is 0.0701 e. The number of hydrogen-bond donors (Lipinski definition) is 1. The van der Waals surface area contributed by atoms with Crippen LogP contribution in [-0.4, -0.2) is 13.1 Å². The van der Waals surface area contributed by atoms with Crippen LogP contribution in [0.1, 0.15) is 18.2 Å². The molecule has 1 heterocycles. The molecule has 68 valence electrons. The van der Waals surface area contributed by atoms with Gasteiger partial charge in [-0.25, -0.2) is 0 Å². The van der Waals surface area contributed by atoms with Crippen LogP contribution in [0.5, 0.6) is 0 Å². The average molecular weight is 248 g/mol. The second-order valence-corrected chi connectivity index (χ2v) is 5.48. The van der Waals surface area contributed by atoms with Gasteiger partial charge in [0.2, 0.25) is 0 Å². The highest BCUT2D eigenvalue weighted by Gasteiger charge is 2.01. The third-order valence-electron chi connectivity index (χ3n) is 1.95. The average Bonchev–Trinajstić information content (AvgIpc) is 2.47. The van der Waals surface area contributed by atoms with Crippen LogP contribution in [0.3, 0.4) is 0 Å². The molecule has 1 N–H and O–H groups in total. The lowest BCUT2D eigenvalue weighted by atomic mass is 10.2. The van der Waals surface area contributed by atoms with Crippen molar-refractivity contribution in [1.82, 2.24) is 5.32 Å². The predicted octanol–water partition coefficient (Wildman–Crippen LogP) is 3.05. The van der Waals surface area contributed by atoms with Crippen LogP contribution in [0, 0.1) is 0 Å². The topological polar surface area (TPSA) is 12.0 Å². The molecule has 1 aromatic rings. The van der Waals surface area contributed by atoms with Crippen molar-refractivity contribution in [2.45, 2.75) is 25.8 Å². The van der Waals surface area contributed by atoms with E-state index in [0.717, 1.165) is 0 Å². The zero-order chi connectivity index (χ0) is 8.97. The third-order valence-corrected chi connectivity index (χ3v) is 3.63. The van der Waals surface area contributed by atoms with Gasteiger partial charge >= 0.3 is 0 Å². The maximum atomic E-state index is 3.46. The van der Waals surface area contributed by atoms with Gasteiger partial charge in [-0.2, -0.15) is 0 Å². The summed E-state index contributed by atoms with van der Waals surface area (Å²) in [5, 5.41) is 3.23. The highest BCUT2D eigenvalue weighted by Crippen LogP contribution is 2.23. The Kier molecular flexibility index (Phi) is 4.26. The fraction of sp³-hybridized carbons (Fsp3) is 0.556. The Morgan fingerprint density at radius 1 is 1.58 bits per heavy atom. The molecule has 3 heteroatoms. The highest BCUT2D eigenvalue weighted by molar-refractivity contribution is 9.11. The second kappa shape index (κ2) is 5.00. The molecule has 1 nitrogen and oxygen atoms in total. The second-order valence-electron chi connectivity index (χ2n) is 2.93. The van der Waals surface area contributed by atoms with E-state index in [9.17, 15) is 0 Å². The zero-order valence-electron chi connectivity index (χ0n) is 7.43. The van der Waals surface area contributed by atoms with Crippen LogP contribution >= 0.6 is 27.3 Å². The summed E-state index contributed by atoms with van der Waals surface area (Å²) in [5.74, 6) is 0. The van der Waals surface area contributed by atoms with Crippen molar-refractivity contribution in [3.8, 4) is 0 Å². The van der Waals surface area contributed by atoms with Gasteiger partial charge in [-0.3, -0.25) is 0 Å². The van der Waals surface area contributed by atoms with Crippen LogP contribution in [0.25, 0.3) is 0 Å². The van der Waals surface area contributed by atoms with Crippen molar-refractivity contribution in [1.29, 1.82) is 0 Å². The van der Waals surface area contributed by atoms with Gasteiger partial charge < -0.3 is 5.32 Å². The summed E-state index contributed by atoms with van der Waals surface area (Å²) in [5.41, 5.74) is 0. The molecule has 1 atom stereocenters. The van der Waals surface area contributed by atoms with Crippen molar-refractivity contribution >= 4 is 27.3 Å². The molecule has 0 aliphatic carbocycles. The quantitative estimate of drug-likeness (QED) is 0.863. The van der Waals surface area contributed by atoms with Crippen LogP contribution < -0.4 is 5.32 Å². The molecule has 0 aromatic carbocycles. The van der Waals surface area contributed by atoms with Gasteiger partial charge in [-0.15, -0.1) is 11.3 Å². The first-order valence-electron chi connectivity index (χ1n) is 4.14. The van der Waals surface area contributed by atoms with Gasteiger partial charge in [-0.05, 0) is 54.9 Å². The van der Waals surface area contributed by atoms with E-state index in [1.807, 2.05) is 18.4 Å². The summed E-state index contributed by atoms with van der Waals surface area (Å²) in [6.45, 7) is 2.21. The first-order chi connectivity index (χ1) is 5.72. The molecule has 12 heavy (non-hydrogen) atoms. The number of halogens is 1. The fourth-order valence-electron chi connectivity index (χ4n) is 0.989. The van der Waals surface area contributed by atoms with E-state index in [1.54, 1.807) is 0 Å². The Morgan fingerprint density at radius 3 is 2.83 bits per heavy atom. The molecule has 0 spiro atoms. The molecular formula is C9H14BrNS. The number of nitrogens with one attached hydrogen (secondary N) is 1. The molecular weight excluding hydrogens is 234 g/mol. The summed E-state index contributed by atoms with van der Waals surface area (Å²) in [6, 6.07) is 4.92. The number of thiophene rings is 1. The normalized spacial score (nSPS) is 13.2. The minimum Gasteiger partial charge on any atom is -0.317 e. The summed E-state index contributed by atoms with van der Waals surface area (Å²) in [7, 11) is 2.01. The molecule has 1 unspecified atom stereocenters. The van der Waals surface area contributed by atoms with E-state index in [-0.39, 0.29) is 0 Å². The summed E-state index contributed by atoms with van der Waals surface area (Å²) in [6.07, 6.45) is 2.39. The molecule has 0 aliphatic rings. The van der Waals surface area contributed by atoms with E-state index >= 15 is 0 Å². The maximum Gasteiger partial charge on any atom is 0.0701 e. The third kappa shape index (κ3) is 3.25. The first-order valence-corrected chi connectivity index (χ1v) is 5.75. The SMILES string of the molecule is CNC(C)CCc1ccc(Br)s1. The van der Waals surface area contributed by atoms with E-state index in [1.165, 1.54) is 21.5 Å². The fourth-order valence-corrected chi connectivity index (χ4v) is 2.49. The lowest BCUT2D eigenvalue weighted by Crippen LogP contribution is -2.21. The summed E-state index contributed by atoms with van der Waals surface area (Å²) >= 11 is 5.29. The lowest BCUT2D eigenvalue weighted by molar-refractivity contribution is 0.567. The van der Waals surface area contributed by atoms with E-state index in [2.05, 4.69) is 40.3 Å². The van der Waals surface area contributed by atoms with E-state index in [4.69, 9.17) is 0 Å². The maximum absolute atomic E-state index is 3.46. The summed E-state index contributed by atoms with van der Waals surface area (Å²) in [4.78, 5) is 1.46. The molecule has 0 amide bonds. The largest absolute Gasteiger partial charge is 0.317 e. The van der Waals surface area contributed by atoms with Crippen molar-refractivity contribution in [2.24, 2.45) is 0 Å². The summed E-state index contributed by atoms with van der Waals surface area (Å²) < 4.78 is 1.23. The molecule has 0 aliphatic heterocycles. The number of hydrogen-bond acceptors (Lipinski definition) is 2. The van der Waals surface area contributed by atoms with Crippen LogP contribution in [0.15, 0.2) is 15.9 Å². The standard InChI is InChI=1S/C9H14BrNS/c1-7(11-2)3-4-8-5-6-9(10)12-8/h5-7,11H,3-4H2,1-2H3. The van der Waals surface area contributed by atoms with Crippen LogP contribution in [-0.2, 0) is 6.42 Å². The Hall–Kier alpha value is 0.140. The van der Waals surface area contributed by atoms with Crippen molar-refractivity contribution in [2.75, 3.05) is 7.05 Å². The van der Waals surface area contributed by atoms with Gasteiger partial charge in [0.15, 0.2) is 0 Å². The van der Waals surface area contributed by atoms with Crippen LogP contribution in [0.2, 0.25) is 0 Å². The van der Waals surface area contributed by atoms with Gasteiger partial charge in [0.25, 0.3) is 0 Å². The molecule has 0 saturated heterocycles. The first kappa shape index (κ1) is 10.2. The number of rotatable bonds is 4.